The van der Waals surface area contributed by atoms with E-state index < -0.39 is 10.8 Å². The van der Waals surface area contributed by atoms with Crippen molar-refractivity contribution in [2.24, 2.45) is 0 Å². The number of rotatable bonds is 6. The molecule has 8 heteroatoms. The molecule has 0 bridgehead atoms. The van der Waals surface area contributed by atoms with Gasteiger partial charge in [0, 0.05) is 36.7 Å². The summed E-state index contributed by atoms with van der Waals surface area (Å²) in [4.78, 5) is 27.5. The van der Waals surface area contributed by atoms with Crippen molar-refractivity contribution >= 4 is 23.1 Å². The first-order valence-electron chi connectivity index (χ1n) is 8.42. The van der Waals surface area contributed by atoms with Crippen LogP contribution in [0.4, 0.5) is 17.2 Å². The molecule has 1 aromatic heterocycles. The molecular weight excluding hydrogens is 336 g/mol. The molecule has 8 nitrogen and oxygen atoms in total. The van der Waals surface area contributed by atoms with Crippen LogP contribution < -0.4 is 10.6 Å². The molecule has 2 N–H and O–H groups in total. The first-order chi connectivity index (χ1) is 12.5. The Morgan fingerprint density at radius 3 is 2.92 bits per heavy atom. The molecule has 1 atom stereocenters. The summed E-state index contributed by atoms with van der Waals surface area (Å²) in [5, 5.41) is 16.9. The van der Waals surface area contributed by atoms with E-state index in [2.05, 4.69) is 15.6 Å². The minimum Gasteiger partial charge on any atom is -0.382 e. The van der Waals surface area contributed by atoms with E-state index in [0.717, 1.165) is 25.1 Å². The number of nitrogens with one attached hydrogen (secondary N) is 2. The predicted octanol–water partition coefficient (Wildman–Crippen LogP) is 3.14. The van der Waals surface area contributed by atoms with Crippen LogP contribution in [0.3, 0.4) is 0 Å². The molecule has 1 saturated heterocycles. The maximum absolute atomic E-state index is 12.7. The number of nitro groups is 1. The molecule has 0 saturated carbocycles. The summed E-state index contributed by atoms with van der Waals surface area (Å²) in [6.45, 7) is 3.09. The van der Waals surface area contributed by atoms with E-state index in [1.807, 2.05) is 13.0 Å². The monoisotopic (exact) mass is 356 g/mol. The summed E-state index contributed by atoms with van der Waals surface area (Å²) in [5.41, 5.74) is 1.34. The van der Waals surface area contributed by atoms with Gasteiger partial charge in [0.2, 0.25) is 0 Å². The highest BCUT2D eigenvalue weighted by Gasteiger charge is 2.20. The summed E-state index contributed by atoms with van der Waals surface area (Å²) < 4.78 is 5.56. The Bertz CT molecular complexity index is 819. The molecule has 3 rings (SSSR count). The number of hydrogen-bond donors (Lipinski definition) is 2. The fourth-order valence-corrected chi connectivity index (χ4v) is 2.81. The third-order valence-corrected chi connectivity index (χ3v) is 4.13. The number of carbonyl (C=O) groups excluding carboxylic acids is 1. The summed E-state index contributed by atoms with van der Waals surface area (Å²) in [6, 6.07) is 9.45. The minimum absolute atomic E-state index is 0.0829. The van der Waals surface area contributed by atoms with Gasteiger partial charge >= 0.3 is 0 Å². The highest BCUT2D eigenvalue weighted by molar-refractivity contribution is 6.08. The second kappa shape index (κ2) is 7.92. The first-order valence-corrected chi connectivity index (χ1v) is 8.42. The van der Waals surface area contributed by atoms with Crippen molar-refractivity contribution in [3.05, 3.63) is 57.8 Å². The van der Waals surface area contributed by atoms with E-state index >= 15 is 0 Å². The molecule has 26 heavy (non-hydrogen) atoms. The lowest BCUT2D eigenvalue weighted by Crippen LogP contribution is -2.21. The Morgan fingerprint density at radius 1 is 1.38 bits per heavy atom. The summed E-state index contributed by atoms with van der Waals surface area (Å²) in [7, 11) is 0. The number of benzene rings is 1. The van der Waals surface area contributed by atoms with Gasteiger partial charge in [-0.2, -0.15) is 0 Å². The van der Waals surface area contributed by atoms with Crippen LogP contribution in [0.25, 0.3) is 0 Å². The maximum Gasteiger partial charge on any atom is 0.270 e. The number of aryl methyl sites for hydroxylation is 1. The molecule has 1 fully saturated rings. The molecule has 1 aromatic carbocycles. The molecule has 1 amide bonds. The van der Waals surface area contributed by atoms with Crippen LogP contribution in [0.2, 0.25) is 0 Å². The lowest BCUT2D eigenvalue weighted by atomic mass is 10.1. The zero-order valence-corrected chi connectivity index (χ0v) is 14.4. The van der Waals surface area contributed by atoms with Crippen LogP contribution in [-0.4, -0.2) is 35.1 Å². The van der Waals surface area contributed by atoms with Gasteiger partial charge in [-0.25, -0.2) is 4.98 Å². The van der Waals surface area contributed by atoms with Crippen LogP contribution in [0, 0.1) is 17.0 Å². The summed E-state index contributed by atoms with van der Waals surface area (Å²) >= 11 is 0. The van der Waals surface area contributed by atoms with E-state index in [9.17, 15) is 14.9 Å². The van der Waals surface area contributed by atoms with Crippen LogP contribution in [0.1, 0.15) is 28.9 Å². The van der Waals surface area contributed by atoms with Gasteiger partial charge in [-0.1, -0.05) is 6.07 Å². The van der Waals surface area contributed by atoms with Gasteiger partial charge in [-0.15, -0.1) is 0 Å². The van der Waals surface area contributed by atoms with Crippen molar-refractivity contribution in [1.82, 2.24) is 4.98 Å². The van der Waals surface area contributed by atoms with Gasteiger partial charge in [0.25, 0.3) is 11.6 Å². The van der Waals surface area contributed by atoms with Gasteiger partial charge in [0.05, 0.1) is 16.6 Å². The third kappa shape index (κ3) is 4.34. The normalized spacial score (nSPS) is 16.3. The van der Waals surface area contributed by atoms with Gasteiger partial charge in [0.15, 0.2) is 0 Å². The van der Waals surface area contributed by atoms with Gasteiger partial charge in [0.1, 0.15) is 5.82 Å². The third-order valence-electron chi connectivity index (χ3n) is 4.13. The van der Waals surface area contributed by atoms with Crippen molar-refractivity contribution in [3.63, 3.8) is 0 Å². The van der Waals surface area contributed by atoms with E-state index in [0.29, 0.717) is 18.1 Å². The van der Waals surface area contributed by atoms with Crippen molar-refractivity contribution in [2.45, 2.75) is 25.9 Å². The zero-order chi connectivity index (χ0) is 18.5. The quantitative estimate of drug-likeness (QED) is 0.608. The smallest absolute Gasteiger partial charge is 0.270 e. The van der Waals surface area contributed by atoms with Gasteiger partial charge < -0.3 is 15.4 Å². The maximum atomic E-state index is 12.7. The number of nitro benzene ring substituents is 1. The lowest BCUT2D eigenvalue weighted by molar-refractivity contribution is -0.384. The Labute approximate surface area is 150 Å². The number of pyridine rings is 1. The number of ether oxygens (including phenoxy) is 1. The molecule has 1 aliphatic rings. The van der Waals surface area contributed by atoms with E-state index in [1.54, 1.807) is 18.2 Å². The first kappa shape index (κ1) is 17.8. The van der Waals surface area contributed by atoms with E-state index in [1.165, 1.54) is 12.1 Å². The average molecular weight is 356 g/mol. The van der Waals surface area contributed by atoms with Crippen molar-refractivity contribution in [1.29, 1.82) is 0 Å². The van der Waals surface area contributed by atoms with E-state index in [-0.39, 0.29) is 17.4 Å². The Morgan fingerprint density at radius 2 is 2.23 bits per heavy atom. The number of anilines is 2. The molecule has 0 aliphatic carbocycles. The number of hydrogen-bond acceptors (Lipinski definition) is 6. The molecule has 0 unspecified atom stereocenters. The topological polar surface area (TPSA) is 106 Å². The largest absolute Gasteiger partial charge is 0.382 e. The standard InChI is InChI=1S/C18H20N4O4/c1-12-4-2-6-17(20-12)21-18(23)15-10-13(22(24)25)7-8-16(15)19-11-14-5-3-9-26-14/h2,4,6-8,10,14,19H,3,5,9,11H2,1H3,(H,20,21,23)/t14-/m1/s1. The fraction of sp³-hybridized carbons (Fsp3) is 0.333. The van der Waals surface area contributed by atoms with Crippen LogP contribution in [-0.2, 0) is 4.74 Å². The second-order valence-corrected chi connectivity index (χ2v) is 6.12. The molecule has 1 aliphatic heterocycles. The Balaban J connectivity index is 1.82. The number of non-ortho nitro benzene ring substituents is 1. The number of nitrogens with zero attached hydrogens (tertiary/aromatic N) is 2. The van der Waals surface area contributed by atoms with Gasteiger partial charge in [-0.05, 0) is 38.0 Å². The predicted molar refractivity (Wildman–Crippen MR) is 97.5 cm³/mol. The lowest BCUT2D eigenvalue weighted by Gasteiger charge is -2.15. The zero-order valence-electron chi connectivity index (χ0n) is 14.4. The average Bonchev–Trinajstić information content (AvgIpc) is 3.13. The summed E-state index contributed by atoms with van der Waals surface area (Å²) in [6.07, 6.45) is 2.05. The fourth-order valence-electron chi connectivity index (χ4n) is 2.81. The minimum atomic E-state index is -0.522. The van der Waals surface area contributed by atoms with Crippen molar-refractivity contribution in [2.75, 3.05) is 23.8 Å². The summed E-state index contributed by atoms with van der Waals surface area (Å²) in [5.74, 6) is -0.0618. The van der Waals surface area contributed by atoms with Crippen LogP contribution in [0.15, 0.2) is 36.4 Å². The molecular formula is C18H20N4O4. The number of amides is 1. The second-order valence-electron chi connectivity index (χ2n) is 6.12. The van der Waals surface area contributed by atoms with Crippen molar-refractivity contribution in [3.8, 4) is 0 Å². The highest BCUT2D eigenvalue weighted by Crippen LogP contribution is 2.24. The number of carbonyl (C=O) groups is 1. The van der Waals surface area contributed by atoms with Crippen LogP contribution >= 0.6 is 0 Å². The molecule has 0 spiro atoms. The molecule has 0 radical (unpaired) electrons. The van der Waals surface area contributed by atoms with Crippen molar-refractivity contribution < 1.29 is 14.5 Å². The van der Waals surface area contributed by atoms with E-state index in [4.69, 9.17) is 4.74 Å². The Kier molecular flexibility index (Phi) is 5.43. The Hall–Kier alpha value is -3.00. The van der Waals surface area contributed by atoms with Crippen LogP contribution in [0.5, 0.6) is 0 Å². The molecule has 136 valence electrons. The highest BCUT2D eigenvalue weighted by atomic mass is 16.6. The molecule has 2 aromatic rings. The van der Waals surface area contributed by atoms with Gasteiger partial charge in [-0.3, -0.25) is 14.9 Å². The number of aromatic nitrogens is 1. The SMILES string of the molecule is Cc1cccc(NC(=O)c2cc([N+](=O)[O-])ccc2NC[C@H]2CCCO2)n1. The molecule has 2 heterocycles.